The molecule has 6 heteroatoms. The SMILES string of the molecule is CC(c1ccccc1Cl)N(C)C(=O)N(C)CC(=O)O. The van der Waals surface area contributed by atoms with Crippen LogP contribution in [0.25, 0.3) is 0 Å². The molecule has 1 atom stereocenters. The zero-order chi connectivity index (χ0) is 14.6. The highest BCUT2D eigenvalue weighted by atomic mass is 35.5. The van der Waals surface area contributed by atoms with Crippen molar-refractivity contribution in [1.29, 1.82) is 0 Å². The smallest absolute Gasteiger partial charge is 0.323 e. The van der Waals surface area contributed by atoms with Crippen LogP contribution in [-0.4, -0.2) is 47.5 Å². The monoisotopic (exact) mass is 284 g/mol. The lowest BCUT2D eigenvalue weighted by atomic mass is 10.1. The Kier molecular flexibility index (Phi) is 5.18. The van der Waals surface area contributed by atoms with Crippen LogP contribution in [0, 0.1) is 0 Å². The van der Waals surface area contributed by atoms with Gasteiger partial charge in [0.1, 0.15) is 6.54 Å². The van der Waals surface area contributed by atoms with Gasteiger partial charge in [0, 0.05) is 19.1 Å². The molecule has 104 valence electrons. The van der Waals surface area contributed by atoms with E-state index in [1.165, 1.54) is 11.9 Å². The van der Waals surface area contributed by atoms with E-state index in [1.807, 2.05) is 25.1 Å². The van der Waals surface area contributed by atoms with Gasteiger partial charge in [0.2, 0.25) is 0 Å². The maximum atomic E-state index is 12.1. The van der Waals surface area contributed by atoms with Crippen molar-refractivity contribution in [2.45, 2.75) is 13.0 Å². The zero-order valence-electron chi connectivity index (χ0n) is 11.1. The summed E-state index contributed by atoms with van der Waals surface area (Å²) in [5.74, 6) is -1.05. The Hall–Kier alpha value is -1.75. The first-order valence-electron chi connectivity index (χ1n) is 5.78. The number of carboxylic acid groups (broad SMARTS) is 1. The van der Waals surface area contributed by atoms with E-state index in [9.17, 15) is 9.59 Å². The molecular formula is C13H17ClN2O3. The number of benzene rings is 1. The molecule has 0 aromatic heterocycles. The molecule has 0 radical (unpaired) electrons. The van der Waals surface area contributed by atoms with Gasteiger partial charge in [-0.1, -0.05) is 29.8 Å². The minimum atomic E-state index is -1.05. The second-order valence-electron chi connectivity index (χ2n) is 4.34. The van der Waals surface area contributed by atoms with Crippen LogP contribution >= 0.6 is 11.6 Å². The zero-order valence-corrected chi connectivity index (χ0v) is 11.9. The number of halogens is 1. The summed E-state index contributed by atoms with van der Waals surface area (Å²) in [5.41, 5.74) is 0.823. The summed E-state index contributed by atoms with van der Waals surface area (Å²) in [7, 11) is 3.07. The topological polar surface area (TPSA) is 60.9 Å². The minimum Gasteiger partial charge on any atom is -0.480 e. The fourth-order valence-electron chi connectivity index (χ4n) is 1.73. The van der Waals surface area contributed by atoms with E-state index in [1.54, 1.807) is 13.1 Å². The summed E-state index contributed by atoms with van der Waals surface area (Å²) in [6, 6.07) is 6.65. The van der Waals surface area contributed by atoms with Crippen molar-refractivity contribution in [1.82, 2.24) is 9.80 Å². The highest BCUT2D eigenvalue weighted by Gasteiger charge is 2.22. The number of carboxylic acids is 1. The molecule has 0 fully saturated rings. The Bertz CT molecular complexity index is 479. The standard InChI is InChI=1S/C13H17ClN2O3/c1-9(10-6-4-5-7-11(10)14)16(3)13(19)15(2)8-12(17)18/h4-7,9H,8H2,1-3H3,(H,17,18). The van der Waals surface area contributed by atoms with Crippen molar-refractivity contribution in [3.05, 3.63) is 34.9 Å². The van der Waals surface area contributed by atoms with Crippen molar-refractivity contribution >= 4 is 23.6 Å². The average Bonchev–Trinajstić information content (AvgIpc) is 2.36. The Morgan fingerprint density at radius 1 is 1.32 bits per heavy atom. The summed E-state index contributed by atoms with van der Waals surface area (Å²) in [6.07, 6.45) is 0. The fourth-order valence-corrected chi connectivity index (χ4v) is 2.02. The van der Waals surface area contributed by atoms with E-state index in [-0.39, 0.29) is 18.6 Å². The number of hydrogen-bond donors (Lipinski definition) is 1. The predicted octanol–water partition coefficient (Wildman–Crippen LogP) is 2.47. The van der Waals surface area contributed by atoms with E-state index in [0.717, 1.165) is 10.5 Å². The Morgan fingerprint density at radius 3 is 2.42 bits per heavy atom. The third kappa shape index (κ3) is 3.86. The normalized spacial score (nSPS) is 11.8. The van der Waals surface area contributed by atoms with Gasteiger partial charge < -0.3 is 14.9 Å². The number of carbonyl (C=O) groups excluding carboxylic acids is 1. The molecule has 19 heavy (non-hydrogen) atoms. The van der Waals surface area contributed by atoms with Crippen LogP contribution in [0.1, 0.15) is 18.5 Å². The van der Waals surface area contributed by atoms with Crippen LogP contribution in [0.15, 0.2) is 24.3 Å². The van der Waals surface area contributed by atoms with E-state index >= 15 is 0 Å². The van der Waals surface area contributed by atoms with E-state index in [2.05, 4.69) is 0 Å². The molecule has 0 bridgehead atoms. The largest absolute Gasteiger partial charge is 0.480 e. The molecule has 1 aromatic carbocycles. The Labute approximate surface area is 117 Å². The van der Waals surface area contributed by atoms with Crippen LogP contribution < -0.4 is 0 Å². The van der Waals surface area contributed by atoms with Crippen LogP contribution in [0.5, 0.6) is 0 Å². The molecule has 0 saturated heterocycles. The van der Waals surface area contributed by atoms with Crippen LogP contribution in [0.4, 0.5) is 4.79 Å². The number of aliphatic carboxylic acids is 1. The maximum absolute atomic E-state index is 12.1. The lowest BCUT2D eigenvalue weighted by Crippen LogP contribution is -2.42. The van der Waals surface area contributed by atoms with Gasteiger partial charge in [0.05, 0.1) is 6.04 Å². The number of hydrogen-bond acceptors (Lipinski definition) is 2. The molecular weight excluding hydrogens is 268 g/mol. The average molecular weight is 285 g/mol. The number of amides is 2. The molecule has 0 spiro atoms. The van der Waals surface area contributed by atoms with Gasteiger partial charge in [-0.2, -0.15) is 0 Å². The lowest BCUT2D eigenvalue weighted by Gasteiger charge is -2.29. The molecule has 1 N–H and O–H groups in total. The third-order valence-corrected chi connectivity index (χ3v) is 3.28. The Morgan fingerprint density at radius 2 is 1.89 bits per heavy atom. The number of urea groups is 1. The van der Waals surface area contributed by atoms with E-state index in [4.69, 9.17) is 16.7 Å². The molecule has 1 aromatic rings. The second-order valence-corrected chi connectivity index (χ2v) is 4.75. The van der Waals surface area contributed by atoms with Crippen molar-refractivity contribution in [3.63, 3.8) is 0 Å². The van der Waals surface area contributed by atoms with Crippen LogP contribution in [0.2, 0.25) is 5.02 Å². The van der Waals surface area contributed by atoms with Gasteiger partial charge >= 0.3 is 12.0 Å². The van der Waals surface area contributed by atoms with Crippen molar-refractivity contribution in [2.75, 3.05) is 20.6 Å². The van der Waals surface area contributed by atoms with Crippen molar-refractivity contribution in [3.8, 4) is 0 Å². The quantitative estimate of drug-likeness (QED) is 0.924. The highest BCUT2D eigenvalue weighted by Crippen LogP contribution is 2.26. The van der Waals surface area contributed by atoms with Gasteiger partial charge in [-0.05, 0) is 18.6 Å². The molecule has 0 aliphatic rings. The summed E-state index contributed by atoms with van der Waals surface area (Å²) in [5, 5.41) is 9.26. The van der Waals surface area contributed by atoms with Gasteiger partial charge in [-0.3, -0.25) is 4.79 Å². The fraction of sp³-hybridized carbons (Fsp3) is 0.385. The Balaban J connectivity index is 2.82. The van der Waals surface area contributed by atoms with Gasteiger partial charge in [-0.25, -0.2) is 4.79 Å². The molecule has 0 aliphatic carbocycles. The molecule has 1 rings (SSSR count). The number of rotatable bonds is 4. The summed E-state index contributed by atoms with van der Waals surface area (Å²) >= 11 is 6.09. The molecule has 0 aliphatic heterocycles. The first-order valence-corrected chi connectivity index (χ1v) is 6.16. The predicted molar refractivity (Wildman–Crippen MR) is 73.3 cm³/mol. The summed E-state index contributed by atoms with van der Waals surface area (Å²) in [6.45, 7) is 1.51. The lowest BCUT2D eigenvalue weighted by molar-refractivity contribution is -0.137. The second kappa shape index (κ2) is 6.43. The van der Waals surface area contributed by atoms with Crippen LogP contribution in [-0.2, 0) is 4.79 Å². The summed E-state index contributed by atoms with van der Waals surface area (Å²) < 4.78 is 0. The summed E-state index contributed by atoms with van der Waals surface area (Å²) in [4.78, 5) is 25.3. The molecule has 1 unspecified atom stereocenters. The number of likely N-dealkylation sites (N-methyl/N-ethyl adjacent to an activating group) is 1. The molecule has 5 nitrogen and oxygen atoms in total. The maximum Gasteiger partial charge on any atom is 0.323 e. The van der Waals surface area contributed by atoms with Gasteiger partial charge in [0.15, 0.2) is 0 Å². The molecule has 0 heterocycles. The van der Waals surface area contributed by atoms with E-state index < -0.39 is 5.97 Å². The molecule has 0 saturated carbocycles. The minimum absolute atomic E-state index is 0.238. The van der Waals surface area contributed by atoms with Crippen molar-refractivity contribution in [2.24, 2.45) is 0 Å². The first-order chi connectivity index (χ1) is 8.84. The molecule has 2 amide bonds. The third-order valence-electron chi connectivity index (χ3n) is 2.94. The van der Waals surface area contributed by atoms with Gasteiger partial charge in [0.25, 0.3) is 0 Å². The van der Waals surface area contributed by atoms with Crippen molar-refractivity contribution < 1.29 is 14.7 Å². The van der Waals surface area contributed by atoms with E-state index in [0.29, 0.717) is 5.02 Å². The highest BCUT2D eigenvalue weighted by molar-refractivity contribution is 6.31. The van der Waals surface area contributed by atoms with Gasteiger partial charge in [-0.15, -0.1) is 0 Å². The number of nitrogens with zero attached hydrogens (tertiary/aromatic N) is 2. The van der Waals surface area contributed by atoms with Crippen LogP contribution in [0.3, 0.4) is 0 Å². The number of carbonyl (C=O) groups is 2. The first kappa shape index (κ1) is 15.3.